The summed E-state index contributed by atoms with van der Waals surface area (Å²) in [7, 11) is 0. The van der Waals surface area contributed by atoms with Gasteiger partial charge in [-0.1, -0.05) is 38.5 Å². The highest BCUT2D eigenvalue weighted by molar-refractivity contribution is 5.40. The van der Waals surface area contributed by atoms with Gasteiger partial charge in [0, 0.05) is 42.8 Å². The summed E-state index contributed by atoms with van der Waals surface area (Å²) >= 11 is 0. The van der Waals surface area contributed by atoms with E-state index >= 15 is 0 Å². The van der Waals surface area contributed by atoms with Crippen molar-refractivity contribution in [3.05, 3.63) is 23.3 Å². The van der Waals surface area contributed by atoms with Crippen LogP contribution in [0.25, 0.3) is 0 Å². The monoisotopic (exact) mass is 558 g/mol. The number of hydrogen-bond acceptors (Lipinski definition) is 6. The van der Waals surface area contributed by atoms with Crippen molar-refractivity contribution < 1.29 is 29.2 Å². The molecule has 6 aliphatic rings. The van der Waals surface area contributed by atoms with Gasteiger partial charge >= 0.3 is 0 Å². The minimum atomic E-state index is -0.873. The molecule has 2 saturated heterocycles. The summed E-state index contributed by atoms with van der Waals surface area (Å²) in [6, 6.07) is 0. The first kappa shape index (κ1) is 29.3. The molecule has 0 aromatic heterocycles. The van der Waals surface area contributed by atoms with Gasteiger partial charge in [0.15, 0.2) is 5.79 Å². The minimum absolute atomic E-state index is 0.0127. The third kappa shape index (κ3) is 4.97. The average Bonchev–Trinajstić information content (AvgIpc) is 3.18. The van der Waals surface area contributed by atoms with Crippen LogP contribution in [-0.4, -0.2) is 66.3 Å². The van der Waals surface area contributed by atoms with Gasteiger partial charge in [-0.05, 0) is 88.5 Å². The summed E-state index contributed by atoms with van der Waals surface area (Å²) in [6.45, 7) is 16.9. The Balaban J connectivity index is 1.21. The maximum atomic E-state index is 12.3. The lowest BCUT2D eigenvalue weighted by molar-refractivity contribution is -0.322. The van der Waals surface area contributed by atoms with Crippen molar-refractivity contribution in [1.82, 2.24) is 0 Å². The predicted octanol–water partition coefficient (Wildman–Crippen LogP) is 6.10. The van der Waals surface area contributed by atoms with E-state index in [1.807, 2.05) is 0 Å². The van der Waals surface area contributed by atoms with E-state index in [4.69, 9.17) is 18.9 Å². The normalized spacial score (nSPS) is 44.1. The second kappa shape index (κ2) is 10.4. The van der Waals surface area contributed by atoms with E-state index in [1.165, 1.54) is 16.7 Å². The van der Waals surface area contributed by atoms with E-state index in [9.17, 15) is 10.2 Å². The molecule has 0 aromatic carbocycles. The van der Waals surface area contributed by atoms with Gasteiger partial charge in [0.25, 0.3) is 0 Å². The Morgan fingerprint density at radius 1 is 1.05 bits per heavy atom. The second-order valence-electron chi connectivity index (χ2n) is 15.5. The Labute approximate surface area is 241 Å². The molecule has 1 spiro atoms. The van der Waals surface area contributed by atoms with Gasteiger partial charge in [0.05, 0.1) is 37.1 Å². The summed E-state index contributed by atoms with van der Waals surface area (Å²) in [5.41, 5.74) is 2.17. The summed E-state index contributed by atoms with van der Waals surface area (Å²) in [6.07, 6.45) is 10.7. The molecular weight excluding hydrogens is 504 g/mol. The predicted molar refractivity (Wildman–Crippen MR) is 155 cm³/mol. The van der Waals surface area contributed by atoms with Gasteiger partial charge in [-0.25, -0.2) is 0 Å². The first-order valence-corrected chi connectivity index (χ1v) is 16.2. The standard InChI is InChI=1S/C34H54O6/c1-23(2)26-18-31(5)27(10-14-33(31,36)12-7-17-38-24-8-6-16-37-19-24)25-9-13-32(35)20-34(15-11-28(32)29(25)26)39-21-30(3,4)22-40-34/h24-27,35-36H,1,6-22H2,2-5H3/t24?,25-,26+,27-,31-,32+,33-/m0/s1. The fourth-order valence-electron chi connectivity index (χ4n) is 9.66. The van der Waals surface area contributed by atoms with E-state index in [2.05, 4.69) is 34.3 Å². The van der Waals surface area contributed by atoms with Gasteiger partial charge < -0.3 is 29.2 Å². The molecule has 0 bridgehead atoms. The topological polar surface area (TPSA) is 77.4 Å². The van der Waals surface area contributed by atoms with Gasteiger partial charge in [0.2, 0.25) is 0 Å². The van der Waals surface area contributed by atoms with Crippen molar-refractivity contribution in [2.75, 3.05) is 33.0 Å². The minimum Gasteiger partial charge on any atom is -0.389 e. The molecule has 0 radical (unpaired) electrons. The lowest BCUT2D eigenvalue weighted by atomic mass is 9.49. The fraction of sp³-hybridized carbons (Fsp3) is 0.882. The maximum Gasteiger partial charge on any atom is 0.171 e. The average molecular weight is 559 g/mol. The van der Waals surface area contributed by atoms with Crippen molar-refractivity contribution >= 4 is 0 Å². The Kier molecular flexibility index (Phi) is 7.66. The molecule has 2 aliphatic heterocycles. The first-order chi connectivity index (χ1) is 18.9. The highest BCUT2D eigenvalue weighted by atomic mass is 16.7. The lowest BCUT2D eigenvalue weighted by Crippen LogP contribution is -2.58. The van der Waals surface area contributed by atoms with E-state index < -0.39 is 17.0 Å². The third-order valence-electron chi connectivity index (χ3n) is 12.0. The zero-order valence-electron chi connectivity index (χ0n) is 25.6. The molecule has 0 amide bonds. The third-order valence-corrected chi connectivity index (χ3v) is 12.0. The molecule has 6 heteroatoms. The van der Waals surface area contributed by atoms with Crippen LogP contribution in [0.2, 0.25) is 0 Å². The Bertz CT molecular complexity index is 1000. The number of allylic oxidation sites excluding steroid dienone is 2. The number of ether oxygens (including phenoxy) is 4. The quantitative estimate of drug-likeness (QED) is 0.303. The van der Waals surface area contributed by atoms with Crippen LogP contribution in [0.4, 0.5) is 0 Å². The summed E-state index contributed by atoms with van der Waals surface area (Å²) in [5.74, 6) is 0.380. The zero-order chi connectivity index (χ0) is 28.4. The molecule has 5 fully saturated rings. The van der Waals surface area contributed by atoms with Crippen molar-refractivity contribution in [3.8, 4) is 0 Å². The van der Waals surface area contributed by atoms with Crippen LogP contribution >= 0.6 is 0 Å². The van der Waals surface area contributed by atoms with Crippen LogP contribution in [0.3, 0.4) is 0 Å². The number of aliphatic hydroxyl groups is 2. The van der Waals surface area contributed by atoms with E-state index in [1.54, 1.807) is 0 Å². The molecule has 6 rings (SSSR count). The van der Waals surface area contributed by atoms with Crippen molar-refractivity contribution in [2.45, 2.75) is 128 Å². The molecule has 2 N–H and O–H groups in total. The van der Waals surface area contributed by atoms with E-state index in [0.717, 1.165) is 77.2 Å². The fourth-order valence-corrected chi connectivity index (χ4v) is 9.66. The summed E-state index contributed by atoms with van der Waals surface area (Å²) in [4.78, 5) is 0. The van der Waals surface area contributed by atoms with Crippen LogP contribution in [0.15, 0.2) is 23.3 Å². The van der Waals surface area contributed by atoms with Crippen molar-refractivity contribution in [1.29, 1.82) is 0 Å². The second-order valence-corrected chi connectivity index (χ2v) is 15.5. The molecule has 1 unspecified atom stereocenters. The van der Waals surface area contributed by atoms with Crippen LogP contribution in [-0.2, 0) is 18.9 Å². The van der Waals surface area contributed by atoms with Gasteiger partial charge in [0.1, 0.15) is 0 Å². The van der Waals surface area contributed by atoms with E-state index in [-0.39, 0.29) is 22.9 Å². The molecular formula is C34H54O6. The van der Waals surface area contributed by atoms with Crippen LogP contribution in [0, 0.1) is 28.6 Å². The van der Waals surface area contributed by atoms with Crippen LogP contribution < -0.4 is 0 Å². The molecule has 226 valence electrons. The molecule has 40 heavy (non-hydrogen) atoms. The van der Waals surface area contributed by atoms with Gasteiger partial charge in [-0.15, -0.1) is 0 Å². The molecule has 3 saturated carbocycles. The number of rotatable bonds is 6. The van der Waals surface area contributed by atoms with Gasteiger partial charge in [-0.3, -0.25) is 0 Å². The Morgan fingerprint density at radius 3 is 2.52 bits per heavy atom. The Morgan fingerprint density at radius 2 is 1.82 bits per heavy atom. The lowest BCUT2D eigenvalue weighted by Gasteiger charge is -2.58. The molecule has 0 aromatic rings. The largest absolute Gasteiger partial charge is 0.389 e. The molecule has 7 atom stereocenters. The SMILES string of the molecule is C=C(C)[C@H]1C[C@@]2(C)[C@@H](CC[C@@]2(O)CCCOC2CCCOC2)[C@@H]2CC[C@@]3(O)CC4(CCC3=C12)OCC(C)(C)CO4. The van der Waals surface area contributed by atoms with E-state index in [0.29, 0.717) is 44.7 Å². The summed E-state index contributed by atoms with van der Waals surface area (Å²) < 4.78 is 24.4. The maximum absolute atomic E-state index is 12.3. The number of fused-ring (bicyclic) bond motifs is 4. The smallest absolute Gasteiger partial charge is 0.171 e. The van der Waals surface area contributed by atoms with Crippen LogP contribution in [0.5, 0.6) is 0 Å². The molecule has 2 heterocycles. The summed E-state index contributed by atoms with van der Waals surface area (Å²) in [5, 5.41) is 24.5. The van der Waals surface area contributed by atoms with Crippen LogP contribution in [0.1, 0.15) is 105 Å². The highest BCUT2D eigenvalue weighted by Crippen LogP contribution is 2.67. The number of hydrogen-bond donors (Lipinski definition) is 2. The highest BCUT2D eigenvalue weighted by Gasteiger charge is 2.64. The first-order valence-electron chi connectivity index (χ1n) is 16.2. The Hall–Kier alpha value is -0.760. The zero-order valence-corrected chi connectivity index (χ0v) is 25.6. The van der Waals surface area contributed by atoms with Crippen molar-refractivity contribution in [3.63, 3.8) is 0 Å². The van der Waals surface area contributed by atoms with Gasteiger partial charge in [-0.2, -0.15) is 0 Å². The molecule has 4 aliphatic carbocycles. The molecule has 6 nitrogen and oxygen atoms in total. The van der Waals surface area contributed by atoms with Crippen molar-refractivity contribution in [2.24, 2.45) is 28.6 Å².